The van der Waals surface area contributed by atoms with Crippen molar-refractivity contribution in [1.29, 1.82) is 0 Å². The summed E-state index contributed by atoms with van der Waals surface area (Å²) in [6.07, 6.45) is 1.59. The molecule has 6 nitrogen and oxygen atoms in total. The average Bonchev–Trinajstić information content (AvgIpc) is 2.92. The molecule has 0 aliphatic carbocycles. The SMILES string of the molecule is CCNc1nc(Nc2cc(Cl)ccc2Br)c2[nH]cnc2n1. The van der Waals surface area contributed by atoms with E-state index in [1.807, 2.05) is 25.1 Å². The van der Waals surface area contributed by atoms with Crippen molar-refractivity contribution in [2.45, 2.75) is 6.92 Å². The van der Waals surface area contributed by atoms with Crippen LogP contribution in [-0.2, 0) is 0 Å². The Balaban J connectivity index is 2.06. The van der Waals surface area contributed by atoms with Gasteiger partial charge < -0.3 is 15.6 Å². The summed E-state index contributed by atoms with van der Waals surface area (Å²) >= 11 is 9.52. The Morgan fingerprint density at radius 3 is 3.00 bits per heavy atom. The third kappa shape index (κ3) is 2.93. The van der Waals surface area contributed by atoms with E-state index >= 15 is 0 Å². The predicted molar refractivity (Wildman–Crippen MR) is 88.3 cm³/mol. The summed E-state index contributed by atoms with van der Waals surface area (Å²) in [5.41, 5.74) is 2.16. The van der Waals surface area contributed by atoms with E-state index in [9.17, 15) is 0 Å². The molecule has 1 aromatic carbocycles. The van der Waals surface area contributed by atoms with Crippen molar-refractivity contribution in [2.24, 2.45) is 0 Å². The van der Waals surface area contributed by atoms with Gasteiger partial charge in [0, 0.05) is 16.0 Å². The topological polar surface area (TPSA) is 78.5 Å². The minimum Gasteiger partial charge on any atom is -0.354 e. The number of aromatic nitrogens is 4. The normalized spacial score (nSPS) is 10.8. The van der Waals surface area contributed by atoms with Crippen LogP contribution < -0.4 is 10.6 Å². The van der Waals surface area contributed by atoms with Crippen molar-refractivity contribution in [3.8, 4) is 0 Å². The number of halogens is 2. The van der Waals surface area contributed by atoms with E-state index in [1.54, 1.807) is 6.33 Å². The molecule has 2 heterocycles. The number of nitrogens with zero attached hydrogens (tertiary/aromatic N) is 3. The van der Waals surface area contributed by atoms with Gasteiger partial charge in [-0.2, -0.15) is 9.97 Å². The Bertz CT molecular complexity index is 787. The first-order valence-electron chi connectivity index (χ1n) is 6.34. The minimum atomic E-state index is 0.526. The van der Waals surface area contributed by atoms with E-state index in [4.69, 9.17) is 11.6 Å². The molecule has 0 aliphatic rings. The van der Waals surface area contributed by atoms with E-state index < -0.39 is 0 Å². The molecule has 0 fully saturated rings. The van der Waals surface area contributed by atoms with Gasteiger partial charge in [0.15, 0.2) is 11.5 Å². The Labute approximate surface area is 134 Å². The summed E-state index contributed by atoms with van der Waals surface area (Å²) in [6, 6.07) is 5.51. The van der Waals surface area contributed by atoms with Gasteiger partial charge in [0.05, 0.1) is 12.0 Å². The number of benzene rings is 1. The Hall–Kier alpha value is -1.86. The molecule has 0 spiro atoms. The van der Waals surface area contributed by atoms with Gasteiger partial charge in [-0.1, -0.05) is 11.6 Å². The maximum absolute atomic E-state index is 6.04. The highest BCUT2D eigenvalue weighted by molar-refractivity contribution is 9.10. The smallest absolute Gasteiger partial charge is 0.226 e. The molecule has 0 amide bonds. The van der Waals surface area contributed by atoms with Crippen molar-refractivity contribution in [3.05, 3.63) is 34.0 Å². The second-order valence-corrected chi connectivity index (χ2v) is 5.57. The summed E-state index contributed by atoms with van der Waals surface area (Å²) in [6.45, 7) is 2.72. The third-order valence-corrected chi connectivity index (χ3v) is 3.73. The molecule has 21 heavy (non-hydrogen) atoms. The number of imidazole rings is 1. The first-order chi connectivity index (χ1) is 10.2. The molecule has 0 saturated heterocycles. The Morgan fingerprint density at radius 1 is 1.33 bits per heavy atom. The third-order valence-electron chi connectivity index (χ3n) is 2.80. The number of hydrogen-bond donors (Lipinski definition) is 3. The van der Waals surface area contributed by atoms with Crippen LogP contribution in [0.5, 0.6) is 0 Å². The average molecular weight is 368 g/mol. The fraction of sp³-hybridized carbons (Fsp3) is 0.154. The lowest BCUT2D eigenvalue weighted by molar-refractivity contribution is 1.10. The maximum atomic E-state index is 6.04. The molecule has 3 rings (SSSR count). The predicted octanol–water partition coefficient (Wildman–Crippen LogP) is 3.94. The van der Waals surface area contributed by atoms with Gasteiger partial charge in [0.2, 0.25) is 5.95 Å². The molecule has 3 N–H and O–H groups in total. The van der Waals surface area contributed by atoms with Crippen LogP contribution in [0, 0.1) is 0 Å². The van der Waals surface area contributed by atoms with Gasteiger partial charge in [-0.25, -0.2) is 4.98 Å². The van der Waals surface area contributed by atoms with Gasteiger partial charge in [-0.3, -0.25) is 0 Å². The highest BCUT2D eigenvalue weighted by Gasteiger charge is 2.11. The Kier molecular flexibility index (Phi) is 3.94. The van der Waals surface area contributed by atoms with E-state index in [2.05, 4.69) is 46.5 Å². The highest BCUT2D eigenvalue weighted by Crippen LogP contribution is 2.30. The van der Waals surface area contributed by atoms with Crippen LogP contribution in [0.4, 0.5) is 17.5 Å². The molecule has 0 unspecified atom stereocenters. The van der Waals surface area contributed by atoms with Crippen molar-refractivity contribution in [1.82, 2.24) is 19.9 Å². The summed E-state index contributed by atoms with van der Waals surface area (Å²) < 4.78 is 0.892. The zero-order valence-electron chi connectivity index (χ0n) is 11.1. The van der Waals surface area contributed by atoms with Crippen molar-refractivity contribution >= 4 is 56.1 Å². The number of anilines is 3. The summed E-state index contributed by atoms with van der Waals surface area (Å²) in [4.78, 5) is 16.0. The lowest BCUT2D eigenvalue weighted by Gasteiger charge is -2.10. The van der Waals surface area contributed by atoms with Gasteiger partial charge >= 0.3 is 0 Å². The molecule has 108 valence electrons. The number of H-pyrrole nitrogens is 1. The van der Waals surface area contributed by atoms with E-state index in [1.165, 1.54) is 0 Å². The quantitative estimate of drug-likeness (QED) is 0.651. The van der Waals surface area contributed by atoms with Gasteiger partial charge in [0.25, 0.3) is 0 Å². The van der Waals surface area contributed by atoms with Crippen LogP contribution in [0.15, 0.2) is 29.0 Å². The highest BCUT2D eigenvalue weighted by atomic mass is 79.9. The molecule has 0 radical (unpaired) electrons. The number of aromatic amines is 1. The van der Waals surface area contributed by atoms with Crippen LogP contribution in [0.25, 0.3) is 11.2 Å². The van der Waals surface area contributed by atoms with E-state index in [-0.39, 0.29) is 0 Å². The number of nitrogens with one attached hydrogen (secondary N) is 3. The minimum absolute atomic E-state index is 0.526. The zero-order valence-corrected chi connectivity index (χ0v) is 13.5. The second kappa shape index (κ2) is 5.87. The Morgan fingerprint density at radius 2 is 2.19 bits per heavy atom. The summed E-state index contributed by atoms with van der Waals surface area (Å²) in [5.74, 6) is 1.16. The lowest BCUT2D eigenvalue weighted by Crippen LogP contribution is -2.05. The van der Waals surface area contributed by atoms with Crippen LogP contribution in [0.3, 0.4) is 0 Å². The maximum Gasteiger partial charge on any atom is 0.226 e. The molecule has 2 aromatic heterocycles. The summed E-state index contributed by atoms with van der Waals surface area (Å²) in [5, 5.41) is 6.98. The number of fused-ring (bicyclic) bond motifs is 1. The number of hydrogen-bond acceptors (Lipinski definition) is 5. The van der Waals surface area contributed by atoms with Crippen molar-refractivity contribution < 1.29 is 0 Å². The van der Waals surface area contributed by atoms with Crippen LogP contribution in [0.1, 0.15) is 6.92 Å². The zero-order chi connectivity index (χ0) is 14.8. The molecule has 0 aliphatic heterocycles. The fourth-order valence-corrected chi connectivity index (χ4v) is 2.40. The van der Waals surface area contributed by atoms with E-state index in [0.29, 0.717) is 22.4 Å². The van der Waals surface area contributed by atoms with Gasteiger partial charge in [0.1, 0.15) is 5.52 Å². The van der Waals surface area contributed by atoms with Gasteiger partial charge in [-0.15, -0.1) is 0 Å². The van der Waals surface area contributed by atoms with E-state index in [0.717, 1.165) is 22.2 Å². The first kappa shape index (κ1) is 14.1. The van der Waals surface area contributed by atoms with Crippen LogP contribution in [-0.4, -0.2) is 26.5 Å². The molecule has 3 aromatic rings. The number of rotatable bonds is 4. The van der Waals surface area contributed by atoms with Crippen LogP contribution in [0.2, 0.25) is 5.02 Å². The van der Waals surface area contributed by atoms with Crippen LogP contribution >= 0.6 is 27.5 Å². The van der Waals surface area contributed by atoms with Gasteiger partial charge in [-0.05, 0) is 41.1 Å². The molecular formula is C13H12BrClN6. The van der Waals surface area contributed by atoms with Crippen molar-refractivity contribution in [2.75, 3.05) is 17.2 Å². The summed E-state index contributed by atoms with van der Waals surface area (Å²) in [7, 11) is 0. The second-order valence-electron chi connectivity index (χ2n) is 4.28. The molecule has 0 atom stereocenters. The standard InChI is InChI=1S/C13H12BrClN6/c1-2-16-13-20-11-10(17-6-18-11)12(21-13)19-9-5-7(15)3-4-8(9)14/h3-6H,2H2,1H3,(H3,16,17,18,19,20,21). The largest absolute Gasteiger partial charge is 0.354 e. The molecular weight excluding hydrogens is 356 g/mol. The molecule has 0 saturated carbocycles. The first-order valence-corrected chi connectivity index (χ1v) is 7.51. The monoisotopic (exact) mass is 366 g/mol. The fourth-order valence-electron chi connectivity index (χ4n) is 1.88. The lowest BCUT2D eigenvalue weighted by atomic mass is 10.3. The molecule has 8 heteroatoms. The molecule has 0 bridgehead atoms. The van der Waals surface area contributed by atoms with Crippen molar-refractivity contribution in [3.63, 3.8) is 0 Å².